The van der Waals surface area contributed by atoms with Gasteiger partial charge in [-0.25, -0.2) is 8.42 Å². The first kappa shape index (κ1) is 31.4. The van der Waals surface area contributed by atoms with Gasteiger partial charge >= 0.3 is 0 Å². The first-order chi connectivity index (χ1) is 19.6. The summed E-state index contributed by atoms with van der Waals surface area (Å²) in [6, 6.07) is 7.37. The van der Waals surface area contributed by atoms with E-state index >= 15 is 0 Å². The molecule has 0 aliphatic carbocycles. The van der Waals surface area contributed by atoms with E-state index in [-0.39, 0.29) is 30.6 Å². The van der Waals surface area contributed by atoms with Crippen LogP contribution >= 0.6 is 0 Å². The zero-order valence-corrected chi connectivity index (χ0v) is 26.1. The monoisotopic (exact) mass is 586 g/mol. The highest BCUT2D eigenvalue weighted by Crippen LogP contribution is 2.38. The summed E-state index contributed by atoms with van der Waals surface area (Å²) in [5, 5.41) is 0. The van der Waals surface area contributed by atoms with Gasteiger partial charge in [0.05, 0.1) is 18.6 Å². The molecule has 2 aromatic rings. The van der Waals surface area contributed by atoms with Gasteiger partial charge in [-0.2, -0.15) is 4.31 Å². The Morgan fingerprint density at radius 2 is 1.83 bits per heavy atom. The Morgan fingerprint density at radius 1 is 1.12 bits per heavy atom. The van der Waals surface area contributed by atoms with Gasteiger partial charge in [-0.05, 0) is 101 Å². The van der Waals surface area contributed by atoms with E-state index in [4.69, 9.17) is 9.47 Å². The fourth-order valence-corrected chi connectivity index (χ4v) is 8.46. The van der Waals surface area contributed by atoms with Gasteiger partial charge in [-0.3, -0.25) is 9.78 Å². The van der Waals surface area contributed by atoms with Gasteiger partial charge in [0.25, 0.3) is 0 Å². The molecule has 2 aliphatic heterocycles. The number of rotatable bonds is 11. The number of ether oxygens (including phenoxy) is 2. The summed E-state index contributed by atoms with van der Waals surface area (Å²) in [4.78, 5) is 21.9. The zero-order chi connectivity index (χ0) is 29.6. The molecule has 1 aromatic heterocycles. The van der Waals surface area contributed by atoms with Crippen LogP contribution in [0.15, 0.2) is 41.6 Å². The molecule has 9 nitrogen and oxygen atoms in total. The Hall–Kier alpha value is -2.53. The fraction of sp³-hybridized carbons (Fsp3) is 0.613. The maximum atomic E-state index is 13.8. The predicted octanol–water partition coefficient (Wildman–Crippen LogP) is 3.78. The number of aryl methyl sites for hydroxylation is 2. The van der Waals surface area contributed by atoms with Crippen LogP contribution in [0.3, 0.4) is 0 Å². The Balaban J connectivity index is 1.36. The number of methoxy groups -OCH3 is 1. The van der Waals surface area contributed by atoms with Crippen molar-refractivity contribution in [1.29, 1.82) is 0 Å². The Morgan fingerprint density at radius 3 is 2.44 bits per heavy atom. The molecule has 2 aliphatic rings. The molecule has 1 amide bonds. The molecule has 1 atom stereocenters. The van der Waals surface area contributed by atoms with E-state index < -0.39 is 10.0 Å². The smallest absolute Gasteiger partial charge is 0.248 e. The predicted molar refractivity (Wildman–Crippen MR) is 160 cm³/mol. The lowest BCUT2D eigenvalue weighted by molar-refractivity contribution is -0.138. The van der Waals surface area contributed by atoms with Crippen molar-refractivity contribution in [2.75, 3.05) is 60.6 Å². The molecule has 3 heterocycles. The van der Waals surface area contributed by atoms with Crippen molar-refractivity contribution in [3.05, 3.63) is 53.3 Å². The maximum absolute atomic E-state index is 13.8. The van der Waals surface area contributed by atoms with Crippen molar-refractivity contribution in [2.45, 2.75) is 68.7 Å². The standard InChI is InChI=1S/C31H46N4O5S/c1-24-19-28(39-5)20-25(2)30(24)41(37,38)35-15-7-6-10-27(35)22-40-23-29(36)34-17-12-31(13-18-34,11-16-33(3)4)26-9-8-14-32-21-26/h8-9,14,19-21,27H,6-7,10-13,15-18,22-23H2,1-5H3. The fourth-order valence-electron chi connectivity index (χ4n) is 6.36. The Labute approximate surface area is 245 Å². The number of pyridine rings is 1. The summed E-state index contributed by atoms with van der Waals surface area (Å²) < 4.78 is 40.4. The van der Waals surface area contributed by atoms with Crippen LogP contribution in [-0.4, -0.2) is 100 Å². The number of sulfonamides is 1. The van der Waals surface area contributed by atoms with E-state index in [1.807, 2.05) is 17.2 Å². The van der Waals surface area contributed by atoms with Gasteiger partial charge in [0.1, 0.15) is 12.4 Å². The summed E-state index contributed by atoms with van der Waals surface area (Å²) in [5.74, 6) is 0.605. The highest BCUT2D eigenvalue weighted by Gasteiger charge is 2.38. The molecule has 0 bridgehead atoms. The molecule has 4 rings (SSSR count). The number of hydrogen-bond acceptors (Lipinski definition) is 7. The maximum Gasteiger partial charge on any atom is 0.248 e. The zero-order valence-electron chi connectivity index (χ0n) is 25.3. The number of likely N-dealkylation sites (tertiary alicyclic amines) is 1. The summed E-state index contributed by atoms with van der Waals surface area (Å²) in [5.41, 5.74) is 2.58. The first-order valence-corrected chi connectivity index (χ1v) is 16.1. The van der Waals surface area contributed by atoms with Crippen molar-refractivity contribution in [3.8, 4) is 5.75 Å². The molecule has 2 fully saturated rings. The molecule has 0 saturated carbocycles. The summed E-state index contributed by atoms with van der Waals surface area (Å²) in [7, 11) is 2.03. The third-order valence-electron chi connectivity index (χ3n) is 8.73. The van der Waals surface area contributed by atoms with E-state index in [0.29, 0.717) is 47.8 Å². The molecular weight excluding hydrogens is 540 g/mol. The molecule has 10 heteroatoms. The lowest BCUT2D eigenvalue weighted by atomic mass is 9.71. The average molecular weight is 587 g/mol. The third kappa shape index (κ3) is 7.28. The molecular formula is C31H46N4O5S. The van der Waals surface area contributed by atoms with Crippen LogP contribution in [-0.2, 0) is 25.0 Å². The van der Waals surface area contributed by atoms with E-state index in [1.54, 1.807) is 43.6 Å². The second-order valence-electron chi connectivity index (χ2n) is 11.8. The van der Waals surface area contributed by atoms with Gasteiger partial charge in [-0.1, -0.05) is 12.5 Å². The highest BCUT2D eigenvalue weighted by molar-refractivity contribution is 7.89. The van der Waals surface area contributed by atoms with Gasteiger partial charge in [0.15, 0.2) is 0 Å². The van der Waals surface area contributed by atoms with E-state index in [1.165, 1.54) is 5.56 Å². The SMILES string of the molecule is COc1cc(C)c(S(=O)(=O)N2CCCCC2COCC(=O)N2CCC(CCN(C)C)(c3cccnc3)CC2)c(C)c1. The van der Waals surface area contributed by atoms with E-state index in [0.717, 1.165) is 38.6 Å². The van der Waals surface area contributed by atoms with Crippen LogP contribution in [0.2, 0.25) is 0 Å². The van der Waals surface area contributed by atoms with Crippen molar-refractivity contribution in [1.82, 2.24) is 19.1 Å². The lowest BCUT2D eigenvalue weighted by Gasteiger charge is -2.43. The minimum absolute atomic E-state index is 0.00481. The first-order valence-electron chi connectivity index (χ1n) is 14.7. The van der Waals surface area contributed by atoms with Crippen molar-refractivity contribution < 1.29 is 22.7 Å². The number of piperidine rings is 2. The van der Waals surface area contributed by atoms with Gasteiger partial charge < -0.3 is 19.3 Å². The molecule has 1 unspecified atom stereocenters. The topological polar surface area (TPSA) is 92.3 Å². The number of aromatic nitrogens is 1. The van der Waals surface area contributed by atoms with E-state index in [9.17, 15) is 13.2 Å². The van der Waals surface area contributed by atoms with Crippen LogP contribution < -0.4 is 4.74 Å². The van der Waals surface area contributed by atoms with Gasteiger partial charge in [-0.15, -0.1) is 0 Å². The van der Waals surface area contributed by atoms with Crippen molar-refractivity contribution in [3.63, 3.8) is 0 Å². The second kappa shape index (κ2) is 13.6. The summed E-state index contributed by atoms with van der Waals surface area (Å²) in [6.45, 7) is 6.54. The van der Waals surface area contributed by atoms with Gasteiger partial charge in [0, 0.05) is 43.5 Å². The number of carbonyl (C=O) groups is 1. The Kier molecular flexibility index (Phi) is 10.4. The molecule has 1 aromatic carbocycles. The van der Waals surface area contributed by atoms with E-state index in [2.05, 4.69) is 30.0 Å². The normalized spacial score (nSPS) is 19.9. The minimum atomic E-state index is -3.73. The van der Waals surface area contributed by atoms with Crippen LogP contribution in [0.5, 0.6) is 5.75 Å². The molecule has 2 saturated heterocycles. The number of carbonyl (C=O) groups excluding carboxylic acids is 1. The van der Waals surface area contributed by atoms with Crippen LogP contribution in [0.4, 0.5) is 0 Å². The highest BCUT2D eigenvalue weighted by atomic mass is 32.2. The number of hydrogen-bond donors (Lipinski definition) is 0. The quantitative estimate of drug-likeness (QED) is 0.396. The molecule has 226 valence electrons. The summed E-state index contributed by atoms with van der Waals surface area (Å²) in [6.07, 6.45) is 9.01. The molecule has 0 N–H and O–H groups in total. The van der Waals surface area contributed by atoms with Crippen molar-refractivity contribution in [2.24, 2.45) is 0 Å². The molecule has 41 heavy (non-hydrogen) atoms. The Bertz CT molecular complexity index is 1250. The summed E-state index contributed by atoms with van der Waals surface area (Å²) >= 11 is 0. The van der Waals surface area contributed by atoms with Crippen molar-refractivity contribution >= 4 is 15.9 Å². The second-order valence-corrected chi connectivity index (χ2v) is 13.7. The number of benzene rings is 1. The van der Waals surface area contributed by atoms with Crippen LogP contribution in [0.1, 0.15) is 55.2 Å². The number of nitrogens with zero attached hydrogens (tertiary/aromatic N) is 4. The third-order valence-corrected chi connectivity index (χ3v) is 11.0. The lowest BCUT2D eigenvalue weighted by Crippen LogP contribution is -2.48. The van der Waals surface area contributed by atoms with Crippen LogP contribution in [0, 0.1) is 13.8 Å². The minimum Gasteiger partial charge on any atom is -0.497 e. The number of amides is 1. The average Bonchev–Trinajstić information content (AvgIpc) is 2.96. The largest absolute Gasteiger partial charge is 0.497 e. The molecule has 0 radical (unpaired) electrons. The van der Waals surface area contributed by atoms with Gasteiger partial charge in [0.2, 0.25) is 15.9 Å². The van der Waals surface area contributed by atoms with Crippen LogP contribution in [0.25, 0.3) is 0 Å². The molecule has 0 spiro atoms.